The van der Waals surface area contributed by atoms with Gasteiger partial charge in [0.2, 0.25) is 5.91 Å². The third-order valence-corrected chi connectivity index (χ3v) is 5.70. The minimum absolute atomic E-state index is 0.0367. The molecule has 0 aliphatic carbocycles. The Hall–Kier alpha value is -2.15. The average molecular weight is 356 g/mol. The smallest absolute Gasteiger partial charge is 0.224 e. The number of carbonyl (C=O) groups is 2. The van der Waals surface area contributed by atoms with Gasteiger partial charge in [-0.15, -0.1) is 10.2 Å². The van der Waals surface area contributed by atoms with E-state index in [-0.39, 0.29) is 11.7 Å². The van der Waals surface area contributed by atoms with Crippen molar-refractivity contribution in [2.75, 3.05) is 11.1 Å². The Kier molecular flexibility index (Phi) is 4.57. The lowest BCUT2D eigenvalue weighted by Crippen LogP contribution is -2.19. The second kappa shape index (κ2) is 7.00. The number of Topliss-reactive ketones (excluding diaryl/α,β-unsaturated/α-hetero) is 1. The summed E-state index contributed by atoms with van der Waals surface area (Å²) in [5.41, 5.74) is 2.55. The van der Waals surface area contributed by atoms with Crippen molar-refractivity contribution < 1.29 is 9.59 Å². The van der Waals surface area contributed by atoms with E-state index in [1.54, 1.807) is 6.07 Å². The number of thioether (sulfide) groups is 1. The van der Waals surface area contributed by atoms with Gasteiger partial charge in [-0.1, -0.05) is 18.2 Å². The molecule has 0 fully saturated rings. The summed E-state index contributed by atoms with van der Waals surface area (Å²) in [6, 6.07) is 5.52. The molecule has 0 bridgehead atoms. The number of benzene rings is 1. The third-order valence-electron chi connectivity index (χ3n) is 4.73. The summed E-state index contributed by atoms with van der Waals surface area (Å²) in [5.74, 6) is 1.51. The Bertz CT molecular complexity index is 830. The molecule has 1 aromatic heterocycles. The molecule has 0 atom stereocenters. The lowest BCUT2D eigenvalue weighted by atomic mass is 9.99. The Balaban J connectivity index is 1.44. The van der Waals surface area contributed by atoms with Crippen molar-refractivity contribution in [2.45, 2.75) is 50.2 Å². The average Bonchev–Trinajstić information content (AvgIpc) is 2.85. The van der Waals surface area contributed by atoms with Crippen LogP contribution in [0.15, 0.2) is 23.4 Å². The predicted octanol–water partition coefficient (Wildman–Crippen LogP) is 2.86. The molecular formula is C18H20N4O2S. The van der Waals surface area contributed by atoms with E-state index in [0.29, 0.717) is 24.2 Å². The number of ketones is 1. The van der Waals surface area contributed by atoms with Gasteiger partial charge in [0.05, 0.1) is 5.75 Å². The van der Waals surface area contributed by atoms with Crippen LogP contribution in [0.2, 0.25) is 0 Å². The van der Waals surface area contributed by atoms with Gasteiger partial charge >= 0.3 is 0 Å². The molecule has 4 rings (SSSR count). The highest BCUT2D eigenvalue weighted by Gasteiger charge is 2.19. The van der Waals surface area contributed by atoms with Crippen molar-refractivity contribution in [3.05, 3.63) is 35.2 Å². The lowest BCUT2D eigenvalue weighted by Gasteiger charge is -2.17. The minimum Gasteiger partial charge on any atom is -0.326 e. The largest absolute Gasteiger partial charge is 0.326 e. The zero-order chi connectivity index (χ0) is 17.2. The van der Waals surface area contributed by atoms with E-state index in [4.69, 9.17) is 0 Å². The maximum absolute atomic E-state index is 12.6. The summed E-state index contributed by atoms with van der Waals surface area (Å²) in [6.45, 7) is 0.942. The zero-order valence-corrected chi connectivity index (χ0v) is 14.8. The SMILES string of the molecule is O=C1CCc2cc(C(=O)CSc3nnc4n3CCCCC4)ccc2N1. The summed E-state index contributed by atoms with van der Waals surface area (Å²) in [7, 11) is 0. The van der Waals surface area contributed by atoms with E-state index >= 15 is 0 Å². The number of carbonyl (C=O) groups excluding carboxylic acids is 2. The molecule has 6 nitrogen and oxygen atoms in total. The molecule has 0 unspecified atom stereocenters. The number of anilines is 1. The van der Waals surface area contributed by atoms with Gasteiger partial charge in [-0.25, -0.2) is 0 Å². The molecule has 0 saturated carbocycles. The molecule has 0 radical (unpaired) electrons. The first-order valence-corrected chi connectivity index (χ1v) is 9.70. The quantitative estimate of drug-likeness (QED) is 0.673. The normalized spacial score (nSPS) is 16.6. The van der Waals surface area contributed by atoms with Crippen molar-refractivity contribution >= 4 is 29.1 Å². The minimum atomic E-state index is 0.0367. The number of fused-ring (bicyclic) bond motifs is 2. The van der Waals surface area contributed by atoms with Gasteiger partial charge < -0.3 is 9.88 Å². The highest BCUT2D eigenvalue weighted by molar-refractivity contribution is 7.99. The zero-order valence-electron chi connectivity index (χ0n) is 14.0. The van der Waals surface area contributed by atoms with Gasteiger partial charge in [-0.05, 0) is 43.0 Å². The van der Waals surface area contributed by atoms with Crippen LogP contribution in [-0.2, 0) is 24.2 Å². The first kappa shape index (κ1) is 16.3. The van der Waals surface area contributed by atoms with Gasteiger partial charge in [0.1, 0.15) is 5.82 Å². The maximum atomic E-state index is 12.6. The fourth-order valence-electron chi connectivity index (χ4n) is 3.34. The van der Waals surface area contributed by atoms with Gasteiger partial charge in [0, 0.05) is 30.6 Å². The summed E-state index contributed by atoms with van der Waals surface area (Å²) in [5, 5.41) is 12.2. The van der Waals surface area contributed by atoms with Crippen molar-refractivity contribution in [1.82, 2.24) is 14.8 Å². The van der Waals surface area contributed by atoms with Crippen LogP contribution in [0.25, 0.3) is 0 Å². The van der Waals surface area contributed by atoms with Crippen molar-refractivity contribution in [1.29, 1.82) is 0 Å². The van der Waals surface area contributed by atoms with Crippen molar-refractivity contribution in [3.8, 4) is 0 Å². The van der Waals surface area contributed by atoms with Gasteiger partial charge in [0.25, 0.3) is 0 Å². The lowest BCUT2D eigenvalue weighted by molar-refractivity contribution is -0.116. The van der Waals surface area contributed by atoms with Crippen LogP contribution < -0.4 is 5.32 Å². The Morgan fingerprint density at radius 3 is 3.00 bits per heavy atom. The van der Waals surface area contributed by atoms with E-state index in [9.17, 15) is 9.59 Å². The number of aromatic nitrogens is 3. The first-order valence-electron chi connectivity index (χ1n) is 8.71. The van der Waals surface area contributed by atoms with Crippen LogP contribution in [0.5, 0.6) is 0 Å². The number of nitrogens with zero attached hydrogens (tertiary/aromatic N) is 3. The highest BCUT2D eigenvalue weighted by Crippen LogP contribution is 2.26. The van der Waals surface area contributed by atoms with Crippen LogP contribution in [0.3, 0.4) is 0 Å². The van der Waals surface area contributed by atoms with E-state index in [2.05, 4.69) is 20.1 Å². The van der Waals surface area contributed by atoms with Crippen LogP contribution >= 0.6 is 11.8 Å². The monoisotopic (exact) mass is 356 g/mol. The molecule has 2 aliphatic heterocycles. The van der Waals surface area contributed by atoms with Crippen LogP contribution in [0, 0.1) is 0 Å². The number of nitrogens with one attached hydrogen (secondary N) is 1. The van der Waals surface area contributed by atoms with E-state index in [0.717, 1.165) is 48.0 Å². The topological polar surface area (TPSA) is 76.9 Å². The molecule has 0 saturated heterocycles. The van der Waals surface area contributed by atoms with Gasteiger partial charge in [0.15, 0.2) is 10.9 Å². The fraction of sp³-hybridized carbons (Fsp3) is 0.444. The Morgan fingerprint density at radius 1 is 1.16 bits per heavy atom. The standard InChI is InChI=1S/C18H20N4O2S/c23-15(13-5-7-14-12(10-13)6-8-17(24)19-14)11-25-18-21-20-16-4-2-1-3-9-22(16)18/h5,7,10H,1-4,6,8-9,11H2,(H,19,24). The van der Waals surface area contributed by atoms with E-state index in [1.165, 1.54) is 18.2 Å². The molecule has 7 heteroatoms. The summed E-state index contributed by atoms with van der Waals surface area (Å²) in [4.78, 5) is 24.0. The van der Waals surface area contributed by atoms with Gasteiger partial charge in [-0.2, -0.15) is 0 Å². The second-order valence-electron chi connectivity index (χ2n) is 6.49. The predicted molar refractivity (Wildman–Crippen MR) is 96.0 cm³/mol. The molecule has 1 amide bonds. The molecular weight excluding hydrogens is 336 g/mol. The Morgan fingerprint density at radius 2 is 2.08 bits per heavy atom. The van der Waals surface area contributed by atoms with Crippen molar-refractivity contribution in [2.24, 2.45) is 0 Å². The molecule has 25 heavy (non-hydrogen) atoms. The van der Waals surface area contributed by atoms with Gasteiger partial charge in [-0.3, -0.25) is 9.59 Å². The highest BCUT2D eigenvalue weighted by atomic mass is 32.2. The summed E-state index contributed by atoms with van der Waals surface area (Å²) < 4.78 is 2.16. The summed E-state index contributed by atoms with van der Waals surface area (Å²) >= 11 is 1.46. The van der Waals surface area contributed by atoms with E-state index in [1.807, 2.05) is 12.1 Å². The third kappa shape index (κ3) is 3.46. The first-order chi connectivity index (χ1) is 12.2. The molecule has 2 aliphatic rings. The number of rotatable bonds is 4. The molecule has 1 aromatic carbocycles. The number of hydrogen-bond donors (Lipinski definition) is 1. The second-order valence-corrected chi connectivity index (χ2v) is 7.44. The molecule has 130 valence electrons. The van der Waals surface area contributed by atoms with Crippen LogP contribution in [-0.4, -0.2) is 32.2 Å². The molecule has 2 aromatic rings. The van der Waals surface area contributed by atoms with Crippen molar-refractivity contribution in [3.63, 3.8) is 0 Å². The Labute approximate surface area is 150 Å². The number of hydrogen-bond acceptors (Lipinski definition) is 5. The maximum Gasteiger partial charge on any atom is 0.224 e. The molecule has 1 N–H and O–H groups in total. The summed E-state index contributed by atoms with van der Waals surface area (Å²) in [6.07, 6.45) is 5.66. The van der Waals surface area contributed by atoms with E-state index < -0.39 is 0 Å². The number of aryl methyl sites for hydroxylation is 2. The van der Waals surface area contributed by atoms with Crippen LogP contribution in [0.1, 0.15) is 47.4 Å². The molecule has 3 heterocycles. The number of amides is 1. The van der Waals surface area contributed by atoms with Crippen LogP contribution in [0.4, 0.5) is 5.69 Å². The fourth-order valence-corrected chi connectivity index (χ4v) is 4.21. The molecule has 0 spiro atoms.